The molecular weight excluding hydrogens is 229 g/mol. The van der Waals surface area contributed by atoms with Crippen LogP contribution in [0.2, 0.25) is 0 Å². The summed E-state index contributed by atoms with van der Waals surface area (Å²) in [4.78, 5) is 0. The van der Waals surface area contributed by atoms with Crippen LogP contribution in [-0.4, -0.2) is 17.3 Å². The Balaban J connectivity index is 2.00. The standard InChI is InChI=1S/C15H22FNO/c1-9-5-11(6-10(2)14(9)16)8-17-12-7-13(18)15(12,3)4/h5-6,12-13,17-18H,7-8H2,1-4H3. The molecule has 2 N–H and O–H groups in total. The normalized spacial score (nSPS) is 25.9. The van der Waals surface area contributed by atoms with Crippen LogP contribution in [0.15, 0.2) is 12.1 Å². The molecule has 18 heavy (non-hydrogen) atoms. The van der Waals surface area contributed by atoms with Crippen molar-refractivity contribution in [3.05, 3.63) is 34.6 Å². The van der Waals surface area contributed by atoms with Crippen LogP contribution >= 0.6 is 0 Å². The summed E-state index contributed by atoms with van der Waals surface area (Å²) in [6, 6.07) is 4.10. The minimum absolute atomic E-state index is 0.0654. The van der Waals surface area contributed by atoms with E-state index >= 15 is 0 Å². The van der Waals surface area contributed by atoms with E-state index in [0.717, 1.165) is 18.5 Å². The van der Waals surface area contributed by atoms with E-state index in [1.54, 1.807) is 13.8 Å². The maximum atomic E-state index is 13.5. The molecule has 1 aromatic carbocycles. The summed E-state index contributed by atoms with van der Waals surface area (Å²) in [6.45, 7) is 8.45. The first kappa shape index (κ1) is 13.5. The van der Waals surface area contributed by atoms with Gasteiger partial charge in [0.05, 0.1) is 6.10 Å². The molecule has 2 atom stereocenters. The fourth-order valence-corrected chi connectivity index (χ4v) is 2.63. The summed E-state index contributed by atoms with van der Waals surface area (Å²) in [6.07, 6.45) is 0.582. The van der Waals surface area contributed by atoms with E-state index in [4.69, 9.17) is 0 Å². The number of benzene rings is 1. The molecule has 0 bridgehead atoms. The van der Waals surface area contributed by atoms with Crippen molar-refractivity contribution in [3.63, 3.8) is 0 Å². The Kier molecular flexibility index (Phi) is 3.47. The molecule has 0 aliphatic heterocycles. The van der Waals surface area contributed by atoms with Gasteiger partial charge in [-0.05, 0) is 37.0 Å². The SMILES string of the molecule is Cc1cc(CNC2CC(O)C2(C)C)cc(C)c1F. The van der Waals surface area contributed by atoms with E-state index in [-0.39, 0.29) is 17.3 Å². The van der Waals surface area contributed by atoms with Crippen LogP contribution < -0.4 is 5.32 Å². The number of aliphatic hydroxyl groups is 1. The largest absolute Gasteiger partial charge is 0.392 e. The van der Waals surface area contributed by atoms with Gasteiger partial charge in [-0.1, -0.05) is 26.0 Å². The fraction of sp³-hybridized carbons (Fsp3) is 0.600. The highest BCUT2D eigenvalue weighted by atomic mass is 19.1. The van der Waals surface area contributed by atoms with Crippen molar-refractivity contribution in [1.82, 2.24) is 5.32 Å². The molecule has 1 saturated carbocycles. The van der Waals surface area contributed by atoms with Crippen molar-refractivity contribution in [2.45, 2.75) is 52.8 Å². The van der Waals surface area contributed by atoms with Crippen LogP contribution in [0.1, 0.15) is 37.0 Å². The van der Waals surface area contributed by atoms with Crippen molar-refractivity contribution in [2.75, 3.05) is 0 Å². The first-order valence-corrected chi connectivity index (χ1v) is 6.49. The Morgan fingerprint density at radius 2 is 1.89 bits per heavy atom. The zero-order chi connectivity index (χ0) is 13.5. The van der Waals surface area contributed by atoms with Crippen molar-refractivity contribution in [2.24, 2.45) is 5.41 Å². The molecule has 1 aromatic rings. The molecule has 0 radical (unpaired) electrons. The van der Waals surface area contributed by atoms with Crippen molar-refractivity contribution in [3.8, 4) is 0 Å². The molecule has 2 nitrogen and oxygen atoms in total. The lowest BCUT2D eigenvalue weighted by Gasteiger charge is -2.49. The van der Waals surface area contributed by atoms with Gasteiger partial charge in [-0.2, -0.15) is 0 Å². The minimum Gasteiger partial charge on any atom is -0.392 e. The molecule has 3 heteroatoms. The predicted octanol–water partition coefficient (Wildman–Crippen LogP) is 2.69. The molecule has 0 spiro atoms. The van der Waals surface area contributed by atoms with Crippen LogP contribution in [-0.2, 0) is 6.54 Å². The van der Waals surface area contributed by atoms with Gasteiger partial charge in [0, 0.05) is 18.0 Å². The van der Waals surface area contributed by atoms with E-state index in [1.807, 2.05) is 12.1 Å². The first-order chi connectivity index (χ1) is 8.32. The number of aryl methyl sites for hydroxylation is 2. The van der Waals surface area contributed by atoms with Crippen molar-refractivity contribution >= 4 is 0 Å². The molecule has 0 heterocycles. The van der Waals surface area contributed by atoms with E-state index in [2.05, 4.69) is 19.2 Å². The second kappa shape index (κ2) is 4.63. The maximum absolute atomic E-state index is 13.5. The van der Waals surface area contributed by atoms with Gasteiger partial charge in [-0.15, -0.1) is 0 Å². The quantitative estimate of drug-likeness (QED) is 0.865. The second-order valence-corrected chi connectivity index (χ2v) is 6.05. The highest BCUT2D eigenvalue weighted by Crippen LogP contribution is 2.40. The van der Waals surface area contributed by atoms with Crippen LogP contribution in [0.25, 0.3) is 0 Å². The molecule has 0 amide bonds. The van der Waals surface area contributed by atoms with Gasteiger partial charge < -0.3 is 10.4 Å². The third kappa shape index (κ3) is 2.29. The maximum Gasteiger partial charge on any atom is 0.129 e. The van der Waals surface area contributed by atoms with E-state index in [1.165, 1.54) is 0 Å². The van der Waals surface area contributed by atoms with Gasteiger partial charge in [0.25, 0.3) is 0 Å². The molecule has 1 aliphatic carbocycles. The van der Waals surface area contributed by atoms with Gasteiger partial charge in [-0.25, -0.2) is 4.39 Å². The number of nitrogens with one attached hydrogen (secondary N) is 1. The number of halogens is 1. The average molecular weight is 251 g/mol. The topological polar surface area (TPSA) is 32.3 Å². The van der Waals surface area contributed by atoms with Gasteiger partial charge in [0.1, 0.15) is 5.82 Å². The smallest absolute Gasteiger partial charge is 0.129 e. The number of hydrogen-bond acceptors (Lipinski definition) is 2. The summed E-state index contributed by atoms with van der Waals surface area (Å²) in [7, 11) is 0. The Morgan fingerprint density at radius 3 is 2.33 bits per heavy atom. The summed E-state index contributed by atoms with van der Waals surface area (Å²) < 4.78 is 13.5. The van der Waals surface area contributed by atoms with E-state index in [9.17, 15) is 9.50 Å². The number of aliphatic hydroxyl groups excluding tert-OH is 1. The average Bonchev–Trinajstić information content (AvgIpc) is 2.31. The van der Waals surface area contributed by atoms with E-state index < -0.39 is 0 Å². The Bertz CT molecular complexity index is 433. The summed E-state index contributed by atoms with van der Waals surface area (Å²) in [5.41, 5.74) is 2.42. The highest BCUT2D eigenvalue weighted by molar-refractivity contribution is 5.30. The summed E-state index contributed by atoms with van der Waals surface area (Å²) in [5, 5.41) is 13.1. The second-order valence-electron chi connectivity index (χ2n) is 6.05. The lowest BCUT2D eigenvalue weighted by molar-refractivity contribution is -0.0729. The van der Waals surface area contributed by atoms with Crippen LogP contribution in [0.4, 0.5) is 4.39 Å². The van der Waals surface area contributed by atoms with Crippen LogP contribution in [0.5, 0.6) is 0 Å². The zero-order valence-corrected chi connectivity index (χ0v) is 11.5. The van der Waals surface area contributed by atoms with Gasteiger partial charge >= 0.3 is 0 Å². The third-order valence-electron chi connectivity index (χ3n) is 4.26. The van der Waals surface area contributed by atoms with Gasteiger partial charge in [0.2, 0.25) is 0 Å². The van der Waals surface area contributed by atoms with Crippen LogP contribution in [0, 0.1) is 25.1 Å². The molecule has 0 aromatic heterocycles. The minimum atomic E-state index is -0.216. The summed E-state index contributed by atoms with van der Waals surface area (Å²) in [5.74, 6) is -0.113. The van der Waals surface area contributed by atoms with Gasteiger partial charge in [-0.3, -0.25) is 0 Å². The van der Waals surface area contributed by atoms with Gasteiger partial charge in [0.15, 0.2) is 0 Å². The monoisotopic (exact) mass is 251 g/mol. The fourth-order valence-electron chi connectivity index (χ4n) is 2.63. The zero-order valence-electron chi connectivity index (χ0n) is 11.5. The molecule has 0 saturated heterocycles. The molecule has 1 aliphatic rings. The highest BCUT2D eigenvalue weighted by Gasteiger charge is 2.46. The number of hydrogen-bond donors (Lipinski definition) is 2. The van der Waals surface area contributed by atoms with Crippen molar-refractivity contribution < 1.29 is 9.50 Å². The molecule has 1 fully saturated rings. The lowest BCUT2D eigenvalue weighted by atomic mass is 9.64. The van der Waals surface area contributed by atoms with Crippen molar-refractivity contribution in [1.29, 1.82) is 0 Å². The molecule has 2 rings (SSSR count). The Hall–Kier alpha value is -0.930. The molecular formula is C15H22FNO. The van der Waals surface area contributed by atoms with E-state index in [0.29, 0.717) is 17.2 Å². The van der Waals surface area contributed by atoms with Crippen LogP contribution in [0.3, 0.4) is 0 Å². The Morgan fingerprint density at radius 1 is 1.33 bits per heavy atom. The Labute approximate surface area is 108 Å². The first-order valence-electron chi connectivity index (χ1n) is 6.49. The third-order valence-corrected chi connectivity index (χ3v) is 4.26. The lowest BCUT2D eigenvalue weighted by Crippen LogP contribution is -2.59. The predicted molar refractivity (Wildman–Crippen MR) is 70.9 cm³/mol. The molecule has 100 valence electrons. The summed E-state index contributed by atoms with van der Waals surface area (Å²) >= 11 is 0. The number of rotatable bonds is 3. The molecule has 2 unspecified atom stereocenters.